The Labute approximate surface area is 172 Å². The minimum absolute atomic E-state index is 0.162. The van der Waals surface area contributed by atoms with Crippen molar-refractivity contribution < 1.29 is 9.53 Å². The molecule has 0 spiro atoms. The van der Waals surface area contributed by atoms with Gasteiger partial charge in [-0.25, -0.2) is 0 Å². The van der Waals surface area contributed by atoms with Crippen LogP contribution < -0.4 is 5.73 Å². The lowest BCUT2D eigenvalue weighted by atomic mass is 10.0. The fourth-order valence-corrected chi connectivity index (χ4v) is 5.18. The largest absolute Gasteiger partial charge is 0.371 e. The number of ether oxygens (including phenoxy) is 1. The molecule has 29 heavy (non-hydrogen) atoms. The molecule has 1 aliphatic heterocycles. The fourth-order valence-electron chi connectivity index (χ4n) is 4.07. The van der Waals surface area contributed by atoms with Crippen LogP contribution in [0.2, 0.25) is 0 Å². The van der Waals surface area contributed by atoms with E-state index in [-0.39, 0.29) is 12.0 Å². The Kier molecular flexibility index (Phi) is 4.75. The highest BCUT2D eigenvalue weighted by Gasteiger charge is 2.29. The van der Waals surface area contributed by atoms with Gasteiger partial charge in [0.25, 0.3) is 5.91 Å². The lowest BCUT2D eigenvalue weighted by Gasteiger charge is -2.33. The number of aromatic nitrogens is 1. The van der Waals surface area contributed by atoms with Gasteiger partial charge in [0.05, 0.1) is 23.1 Å². The van der Waals surface area contributed by atoms with Crippen molar-refractivity contribution in [3.05, 3.63) is 76.8 Å². The number of carbonyl (C=O) groups excluding carboxylic acids is 1. The molecule has 2 N–H and O–H groups in total. The lowest BCUT2D eigenvalue weighted by molar-refractivity contribution is -0.0322. The van der Waals surface area contributed by atoms with Crippen LogP contribution in [0.1, 0.15) is 26.9 Å². The minimum Gasteiger partial charge on any atom is -0.371 e. The summed E-state index contributed by atoms with van der Waals surface area (Å²) in [6.07, 6.45) is 1.65. The quantitative estimate of drug-likeness (QED) is 0.556. The summed E-state index contributed by atoms with van der Waals surface area (Å²) in [6, 6.07) is 18.5. The van der Waals surface area contributed by atoms with Gasteiger partial charge in [-0.2, -0.15) is 0 Å². The van der Waals surface area contributed by atoms with Gasteiger partial charge in [0.2, 0.25) is 0 Å². The third kappa shape index (κ3) is 3.51. The molecule has 1 unspecified atom stereocenters. The van der Waals surface area contributed by atoms with Crippen LogP contribution in [0.5, 0.6) is 0 Å². The van der Waals surface area contributed by atoms with Gasteiger partial charge in [0, 0.05) is 41.5 Å². The number of nitrogens with zero attached hydrogens (tertiary/aromatic N) is 2. The van der Waals surface area contributed by atoms with E-state index in [1.165, 1.54) is 16.9 Å². The second kappa shape index (κ2) is 7.55. The number of morpholine rings is 1. The van der Waals surface area contributed by atoms with Crippen molar-refractivity contribution in [3.63, 3.8) is 0 Å². The van der Waals surface area contributed by atoms with Crippen molar-refractivity contribution in [3.8, 4) is 0 Å². The first-order chi connectivity index (χ1) is 14.2. The smallest absolute Gasteiger partial charge is 0.259 e. The molecule has 0 aliphatic carbocycles. The summed E-state index contributed by atoms with van der Waals surface area (Å²) in [7, 11) is 0. The van der Waals surface area contributed by atoms with Gasteiger partial charge in [-0.3, -0.25) is 14.7 Å². The molecule has 0 bridgehead atoms. The summed E-state index contributed by atoms with van der Waals surface area (Å²) >= 11 is 1.45. The van der Waals surface area contributed by atoms with E-state index in [2.05, 4.69) is 34.1 Å². The summed E-state index contributed by atoms with van der Waals surface area (Å²) in [5.41, 5.74) is 8.88. The van der Waals surface area contributed by atoms with Gasteiger partial charge in [0.15, 0.2) is 0 Å². The summed E-state index contributed by atoms with van der Waals surface area (Å²) in [5.74, 6) is -0.385. The number of hydrogen-bond acceptors (Lipinski definition) is 5. The molecule has 2 aromatic heterocycles. The zero-order chi connectivity index (χ0) is 19.8. The maximum atomic E-state index is 12.1. The number of amides is 1. The van der Waals surface area contributed by atoms with Crippen LogP contribution in [0.25, 0.3) is 21.0 Å². The highest BCUT2D eigenvalue weighted by molar-refractivity contribution is 7.21. The molecule has 0 radical (unpaired) electrons. The zero-order valence-electron chi connectivity index (χ0n) is 15.9. The summed E-state index contributed by atoms with van der Waals surface area (Å²) in [5, 5.41) is 2.21. The summed E-state index contributed by atoms with van der Waals surface area (Å²) in [4.78, 5) is 19.5. The lowest BCUT2D eigenvalue weighted by Crippen LogP contribution is -2.38. The number of thiophene rings is 1. The van der Waals surface area contributed by atoms with E-state index in [1.807, 2.05) is 36.5 Å². The van der Waals surface area contributed by atoms with E-state index >= 15 is 0 Å². The van der Waals surface area contributed by atoms with E-state index in [0.29, 0.717) is 11.5 Å². The van der Waals surface area contributed by atoms with E-state index < -0.39 is 0 Å². The normalized spacial score (nSPS) is 17.7. The Morgan fingerprint density at radius 1 is 1.21 bits per heavy atom. The molecule has 4 aromatic rings. The van der Waals surface area contributed by atoms with Crippen LogP contribution in [0.3, 0.4) is 0 Å². The molecular formula is C23H21N3O2S. The predicted octanol–water partition coefficient (Wildman–Crippen LogP) is 4.12. The van der Waals surface area contributed by atoms with Crippen LogP contribution in [0.15, 0.2) is 60.8 Å². The number of benzene rings is 2. The number of primary amides is 1. The number of fused-ring (bicyclic) bond motifs is 2. The number of rotatable bonds is 4. The second-order valence-electron chi connectivity index (χ2n) is 7.33. The Morgan fingerprint density at radius 3 is 3.00 bits per heavy atom. The highest BCUT2D eigenvalue weighted by atomic mass is 32.1. The first kappa shape index (κ1) is 18.2. The maximum absolute atomic E-state index is 12.1. The van der Waals surface area contributed by atoms with Crippen LogP contribution in [-0.4, -0.2) is 35.5 Å². The Balaban J connectivity index is 1.43. The molecule has 6 heteroatoms. The van der Waals surface area contributed by atoms with Gasteiger partial charge in [-0.15, -0.1) is 11.3 Å². The average molecular weight is 404 g/mol. The molecule has 1 fully saturated rings. The Hall–Kier alpha value is -2.80. The van der Waals surface area contributed by atoms with Crippen molar-refractivity contribution in [1.29, 1.82) is 0 Å². The molecule has 3 heterocycles. The van der Waals surface area contributed by atoms with Gasteiger partial charge in [0.1, 0.15) is 0 Å². The van der Waals surface area contributed by atoms with E-state index in [4.69, 9.17) is 10.5 Å². The highest BCUT2D eigenvalue weighted by Crippen LogP contribution is 2.38. The van der Waals surface area contributed by atoms with Crippen LogP contribution in [0, 0.1) is 0 Å². The number of nitrogens with two attached hydrogens (primary N) is 1. The molecule has 0 saturated carbocycles. The van der Waals surface area contributed by atoms with E-state index in [9.17, 15) is 4.79 Å². The Morgan fingerprint density at radius 2 is 2.10 bits per heavy atom. The second-order valence-corrected chi connectivity index (χ2v) is 8.38. The first-order valence-corrected chi connectivity index (χ1v) is 10.5. The van der Waals surface area contributed by atoms with Crippen molar-refractivity contribution in [1.82, 2.24) is 9.88 Å². The number of pyridine rings is 1. The number of carbonyl (C=O) groups is 1. The summed E-state index contributed by atoms with van der Waals surface area (Å²) in [6.45, 7) is 3.04. The van der Waals surface area contributed by atoms with Gasteiger partial charge < -0.3 is 10.5 Å². The maximum Gasteiger partial charge on any atom is 0.259 e. The molecular weight excluding hydrogens is 382 g/mol. The van der Waals surface area contributed by atoms with Crippen molar-refractivity contribution in [2.24, 2.45) is 5.73 Å². The third-order valence-corrected chi connectivity index (χ3v) is 6.60. The Bertz CT molecular complexity index is 1200. The van der Waals surface area contributed by atoms with Crippen molar-refractivity contribution in [2.45, 2.75) is 12.6 Å². The monoisotopic (exact) mass is 403 g/mol. The predicted molar refractivity (Wildman–Crippen MR) is 116 cm³/mol. The number of hydrogen-bond donors (Lipinski definition) is 1. The molecule has 1 aliphatic rings. The van der Waals surface area contributed by atoms with Gasteiger partial charge in [-0.1, -0.05) is 30.3 Å². The molecule has 2 aromatic carbocycles. The van der Waals surface area contributed by atoms with Crippen LogP contribution >= 0.6 is 11.3 Å². The zero-order valence-corrected chi connectivity index (χ0v) is 16.7. The van der Waals surface area contributed by atoms with E-state index in [0.717, 1.165) is 46.2 Å². The average Bonchev–Trinajstić information content (AvgIpc) is 3.14. The van der Waals surface area contributed by atoms with Crippen molar-refractivity contribution in [2.75, 3.05) is 19.7 Å². The van der Waals surface area contributed by atoms with E-state index in [1.54, 1.807) is 0 Å². The van der Waals surface area contributed by atoms with Crippen LogP contribution in [-0.2, 0) is 11.3 Å². The SMILES string of the molecule is NC(=O)c1sc2ccccc2c1C1CN(Cc2ccc3ncccc3c2)CCO1. The topological polar surface area (TPSA) is 68.5 Å². The van der Waals surface area contributed by atoms with Gasteiger partial charge in [-0.05, 0) is 35.2 Å². The fraction of sp³-hybridized carbons (Fsp3) is 0.217. The minimum atomic E-state index is -0.385. The molecule has 146 valence electrons. The molecule has 5 rings (SSSR count). The standard InChI is InChI=1S/C23H21N3O2S/c24-23(27)22-21(17-5-1-2-6-20(17)29-22)19-14-26(10-11-28-19)13-15-7-8-18-16(12-15)4-3-9-25-18/h1-9,12,19H,10-11,13-14H2,(H2,24,27). The van der Waals surface area contributed by atoms with Crippen LogP contribution in [0.4, 0.5) is 0 Å². The van der Waals surface area contributed by atoms with Gasteiger partial charge >= 0.3 is 0 Å². The molecule has 1 atom stereocenters. The molecule has 1 amide bonds. The van der Waals surface area contributed by atoms with Crippen molar-refractivity contribution >= 4 is 38.2 Å². The third-order valence-electron chi connectivity index (χ3n) is 5.40. The molecule has 1 saturated heterocycles. The molecule has 5 nitrogen and oxygen atoms in total. The summed E-state index contributed by atoms with van der Waals surface area (Å²) < 4.78 is 7.18. The first-order valence-electron chi connectivity index (χ1n) is 9.68.